The number of rotatable bonds is 9. The van der Waals surface area contributed by atoms with Gasteiger partial charge in [-0.2, -0.15) is 11.8 Å². The maximum atomic E-state index is 5.76. The first-order valence-corrected chi connectivity index (χ1v) is 9.80. The molecular formula is C21H25N3S. The molecule has 1 unspecified atom stereocenters. The largest absolute Gasteiger partial charge is 0.399 e. The van der Waals surface area contributed by atoms with Crippen LogP contribution in [0.25, 0.3) is 0 Å². The van der Waals surface area contributed by atoms with Crippen LogP contribution in [0.4, 0.5) is 5.69 Å². The molecule has 1 aromatic heterocycles. The maximum Gasteiger partial charge on any atom is 0.0946 e. The Balaban J connectivity index is 1.53. The third kappa shape index (κ3) is 5.98. The van der Waals surface area contributed by atoms with Crippen molar-refractivity contribution in [3.05, 3.63) is 84.4 Å². The van der Waals surface area contributed by atoms with Gasteiger partial charge in [-0.1, -0.05) is 42.5 Å². The third-order valence-corrected chi connectivity index (χ3v) is 5.59. The SMILES string of the molecule is Nc1ccc(CCSC(CCc2ccccc2)Cn2ccnc2)cc1. The number of nitrogens with zero attached hydrogens (tertiary/aromatic N) is 2. The highest BCUT2D eigenvalue weighted by atomic mass is 32.2. The normalized spacial score (nSPS) is 12.2. The Morgan fingerprint density at radius 3 is 2.44 bits per heavy atom. The van der Waals surface area contributed by atoms with E-state index in [1.807, 2.05) is 24.7 Å². The van der Waals surface area contributed by atoms with Crippen molar-refractivity contribution in [2.75, 3.05) is 11.5 Å². The van der Waals surface area contributed by atoms with E-state index in [1.165, 1.54) is 17.5 Å². The van der Waals surface area contributed by atoms with Crippen molar-refractivity contribution in [3.8, 4) is 0 Å². The lowest BCUT2D eigenvalue weighted by Crippen LogP contribution is -2.14. The molecule has 2 aromatic carbocycles. The number of nitrogens with two attached hydrogens (primary N) is 1. The minimum atomic E-state index is 0.586. The number of hydrogen-bond donors (Lipinski definition) is 1. The summed E-state index contributed by atoms with van der Waals surface area (Å²) >= 11 is 2.06. The predicted octanol–water partition coefficient (Wildman–Crippen LogP) is 4.44. The number of benzene rings is 2. The van der Waals surface area contributed by atoms with Crippen LogP contribution in [-0.4, -0.2) is 20.6 Å². The van der Waals surface area contributed by atoms with Crippen LogP contribution in [0.3, 0.4) is 0 Å². The quantitative estimate of drug-likeness (QED) is 0.580. The molecule has 0 saturated heterocycles. The minimum Gasteiger partial charge on any atom is -0.399 e. The van der Waals surface area contributed by atoms with Crippen LogP contribution >= 0.6 is 11.8 Å². The first-order chi connectivity index (χ1) is 12.3. The van der Waals surface area contributed by atoms with E-state index in [9.17, 15) is 0 Å². The summed E-state index contributed by atoms with van der Waals surface area (Å²) in [5.41, 5.74) is 9.36. The summed E-state index contributed by atoms with van der Waals surface area (Å²) in [6, 6.07) is 19.0. The average molecular weight is 352 g/mol. The molecule has 25 heavy (non-hydrogen) atoms. The lowest BCUT2D eigenvalue weighted by atomic mass is 10.1. The van der Waals surface area contributed by atoms with Gasteiger partial charge in [-0.25, -0.2) is 4.98 Å². The first kappa shape index (κ1) is 17.6. The van der Waals surface area contributed by atoms with Crippen LogP contribution in [-0.2, 0) is 19.4 Å². The van der Waals surface area contributed by atoms with Crippen molar-refractivity contribution in [1.82, 2.24) is 9.55 Å². The van der Waals surface area contributed by atoms with E-state index in [0.29, 0.717) is 5.25 Å². The van der Waals surface area contributed by atoms with Gasteiger partial charge in [0.05, 0.1) is 6.33 Å². The number of anilines is 1. The number of nitrogen functional groups attached to an aromatic ring is 1. The van der Waals surface area contributed by atoms with Gasteiger partial charge in [0.2, 0.25) is 0 Å². The molecule has 130 valence electrons. The van der Waals surface area contributed by atoms with Gasteiger partial charge in [0.25, 0.3) is 0 Å². The Morgan fingerprint density at radius 1 is 0.960 bits per heavy atom. The monoisotopic (exact) mass is 351 g/mol. The van der Waals surface area contributed by atoms with E-state index in [2.05, 4.69) is 70.0 Å². The molecule has 0 aliphatic heterocycles. The highest BCUT2D eigenvalue weighted by Gasteiger charge is 2.11. The third-order valence-electron chi connectivity index (χ3n) is 4.30. The molecule has 0 amide bonds. The van der Waals surface area contributed by atoms with Crippen molar-refractivity contribution in [2.24, 2.45) is 0 Å². The molecule has 2 N–H and O–H groups in total. The topological polar surface area (TPSA) is 43.8 Å². The summed E-state index contributed by atoms with van der Waals surface area (Å²) in [6.07, 6.45) is 9.19. The van der Waals surface area contributed by atoms with E-state index < -0.39 is 0 Å². The first-order valence-electron chi connectivity index (χ1n) is 8.75. The number of hydrogen-bond acceptors (Lipinski definition) is 3. The number of imidazole rings is 1. The van der Waals surface area contributed by atoms with Crippen molar-refractivity contribution in [3.63, 3.8) is 0 Å². The van der Waals surface area contributed by atoms with Gasteiger partial charge in [-0.05, 0) is 48.3 Å². The van der Waals surface area contributed by atoms with Gasteiger partial charge in [0.1, 0.15) is 0 Å². The van der Waals surface area contributed by atoms with Gasteiger partial charge in [-0.3, -0.25) is 0 Å². The molecule has 0 saturated carbocycles. The van der Waals surface area contributed by atoms with Crippen LogP contribution in [0, 0.1) is 0 Å². The Labute approximate surface area is 154 Å². The highest BCUT2D eigenvalue weighted by Crippen LogP contribution is 2.21. The summed E-state index contributed by atoms with van der Waals surface area (Å²) in [5.74, 6) is 1.12. The van der Waals surface area contributed by atoms with E-state index in [-0.39, 0.29) is 0 Å². The van der Waals surface area contributed by atoms with E-state index in [0.717, 1.165) is 30.8 Å². The summed E-state index contributed by atoms with van der Waals surface area (Å²) in [4.78, 5) is 4.17. The van der Waals surface area contributed by atoms with Crippen molar-refractivity contribution >= 4 is 17.4 Å². The molecule has 4 heteroatoms. The lowest BCUT2D eigenvalue weighted by molar-refractivity contribution is 0.624. The zero-order chi connectivity index (χ0) is 17.3. The molecule has 0 bridgehead atoms. The van der Waals surface area contributed by atoms with Crippen LogP contribution in [0.1, 0.15) is 17.5 Å². The van der Waals surface area contributed by atoms with Gasteiger partial charge in [0, 0.05) is 29.9 Å². The minimum absolute atomic E-state index is 0.586. The molecule has 3 rings (SSSR count). The molecular weight excluding hydrogens is 326 g/mol. The van der Waals surface area contributed by atoms with Crippen LogP contribution in [0.5, 0.6) is 0 Å². The molecule has 1 atom stereocenters. The molecule has 0 radical (unpaired) electrons. The van der Waals surface area contributed by atoms with Crippen LogP contribution in [0.2, 0.25) is 0 Å². The number of aryl methyl sites for hydroxylation is 2. The fraction of sp³-hybridized carbons (Fsp3) is 0.286. The van der Waals surface area contributed by atoms with E-state index >= 15 is 0 Å². The van der Waals surface area contributed by atoms with Gasteiger partial charge < -0.3 is 10.3 Å². The van der Waals surface area contributed by atoms with Gasteiger partial charge in [-0.15, -0.1) is 0 Å². The van der Waals surface area contributed by atoms with Gasteiger partial charge in [0.15, 0.2) is 0 Å². The standard InChI is InChI=1S/C21H25N3S/c22-20-9-6-19(7-10-20)12-15-25-21(16-24-14-13-23-17-24)11-8-18-4-2-1-3-5-18/h1-7,9-10,13-14,17,21H,8,11-12,15-16,22H2. The second-order valence-corrected chi connectivity index (χ2v) is 7.68. The fourth-order valence-electron chi connectivity index (χ4n) is 2.86. The van der Waals surface area contributed by atoms with Crippen molar-refractivity contribution in [1.29, 1.82) is 0 Å². The van der Waals surface area contributed by atoms with E-state index in [1.54, 1.807) is 0 Å². The van der Waals surface area contributed by atoms with Crippen molar-refractivity contribution < 1.29 is 0 Å². The molecule has 3 aromatic rings. The van der Waals surface area contributed by atoms with Gasteiger partial charge >= 0.3 is 0 Å². The Kier molecular flexibility index (Phi) is 6.57. The summed E-state index contributed by atoms with van der Waals surface area (Å²) in [5, 5.41) is 0.586. The zero-order valence-electron chi connectivity index (χ0n) is 14.4. The Hall–Kier alpha value is -2.20. The van der Waals surface area contributed by atoms with Crippen molar-refractivity contribution in [2.45, 2.75) is 31.1 Å². The lowest BCUT2D eigenvalue weighted by Gasteiger charge is -2.17. The average Bonchev–Trinajstić information content (AvgIpc) is 3.15. The van der Waals surface area contributed by atoms with Crippen LogP contribution in [0.15, 0.2) is 73.3 Å². The van der Waals surface area contributed by atoms with E-state index in [4.69, 9.17) is 5.73 Å². The summed E-state index contributed by atoms with van der Waals surface area (Å²) in [7, 11) is 0. The fourth-order valence-corrected chi connectivity index (χ4v) is 4.11. The molecule has 0 aliphatic rings. The summed E-state index contributed by atoms with van der Waals surface area (Å²) < 4.78 is 2.19. The maximum absolute atomic E-state index is 5.76. The second-order valence-electron chi connectivity index (χ2n) is 6.27. The second kappa shape index (κ2) is 9.33. The Bertz CT molecular complexity index is 724. The highest BCUT2D eigenvalue weighted by molar-refractivity contribution is 7.99. The van der Waals surface area contributed by atoms with Crippen LogP contribution < -0.4 is 5.73 Å². The summed E-state index contributed by atoms with van der Waals surface area (Å²) in [6.45, 7) is 1.01. The molecule has 1 heterocycles. The molecule has 3 nitrogen and oxygen atoms in total. The Morgan fingerprint density at radius 2 is 1.72 bits per heavy atom. The zero-order valence-corrected chi connectivity index (χ0v) is 15.2. The number of thioether (sulfide) groups is 1. The number of aromatic nitrogens is 2. The predicted molar refractivity (Wildman–Crippen MR) is 108 cm³/mol. The molecule has 0 spiro atoms. The molecule has 0 fully saturated rings. The smallest absolute Gasteiger partial charge is 0.0946 e. The molecule has 0 aliphatic carbocycles.